The van der Waals surface area contributed by atoms with Crippen LogP contribution >= 0.6 is 0 Å². The van der Waals surface area contributed by atoms with Gasteiger partial charge in [0.1, 0.15) is 0 Å². The molecule has 0 bridgehead atoms. The maximum Gasteiger partial charge on any atom is 0.0662 e. The maximum atomic E-state index is 4.81. The third-order valence-corrected chi connectivity index (χ3v) is 6.07. The SMILES string of the molecule is Cc1ccc(Cn2nc(C)c(CN[C@H]3CCN(Cc4ccccc4)C3)c2C)cc1. The standard InChI is InChI=1S/C25H32N4/c1-19-9-11-23(12-10-19)17-29-21(3)25(20(2)27-29)15-26-24-13-14-28(18-24)16-22-7-5-4-6-8-22/h4-12,24,26H,13-18H2,1-3H3/t24-/m0/s1. The predicted molar refractivity (Wildman–Crippen MR) is 119 cm³/mol. The van der Waals surface area contributed by atoms with Crippen molar-refractivity contribution >= 4 is 0 Å². The topological polar surface area (TPSA) is 33.1 Å². The van der Waals surface area contributed by atoms with Gasteiger partial charge >= 0.3 is 0 Å². The van der Waals surface area contributed by atoms with Crippen LogP contribution in [0.5, 0.6) is 0 Å². The van der Waals surface area contributed by atoms with Crippen molar-refractivity contribution in [1.82, 2.24) is 20.0 Å². The maximum absolute atomic E-state index is 4.81. The molecule has 1 saturated heterocycles. The fourth-order valence-corrected chi connectivity index (χ4v) is 4.24. The Morgan fingerprint density at radius 1 is 0.931 bits per heavy atom. The highest BCUT2D eigenvalue weighted by atomic mass is 15.3. The summed E-state index contributed by atoms with van der Waals surface area (Å²) in [6.45, 7) is 11.5. The average Bonchev–Trinajstić information content (AvgIpc) is 3.27. The summed E-state index contributed by atoms with van der Waals surface area (Å²) in [7, 11) is 0. The molecule has 0 radical (unpaired) electrons. The zero-order valence-electron chi connectivity index (χ0n) is 17.9. The van der Waals surface area contributed by atoms with E-state index < -0.39 is 0 Å². The molecule has 3 aromatic rings. The summed E-state index contributed by atoms with van der Waals surface area (Å²) in [4.78, 5) is 2.55. The summed E-state index contributed by atoms with van der Waals surface area (Å²) >= 11 is 0. The normalized spacial score (nSPS) is 17.1. The van der Waals surface area contributed by atoms with Gasteiger partial charge in [0.05, 0.1) is 12.2 Å². The minimum Gasteiger partial charge on any atom is -0.308 e. The van der Waals surface area contributed by atoms with E-state index in [0.29, 0.717) is 6.04 Å². The van der Waals surface area contributed by atoms with Gasteiger partial charge < -0.3 is 5.32 Å². The molecule has 0 saturated carbocycles. The Morgan fingerprint density at radius 3 is 2.41 bits per heavy atom. The second-order valence-corrected chi connectivity index (χ2v) is 8.38. The van der Waals surface area contributed by atoms with Gasteiger partial charge in [-0.15, -0.1) is 0 Å². The summed E-state index contributed by atoms with van der Waals surface area (Å²) in [6, 6.07) is 20.1. The minimum absolute atomic E-state index is 0.554. The number of nitrogens with one attached hydrogen (secondary N) is 1. The van der Waals surface area contributed by atoms with Crippen molar-refractivity contribution in [2.75, 3.05) is 13.1 Å². The Morgan fingerprint density at radius 2 is 1.66 bits per heavy atom. The van der Waals surface area contributed by atoms with Crippen LogP contribution < -0.4 is 5.32 Å². The van der Waals surface area contributed by atoms with Crippen molar-refractivity contribution in [2.45, 2.75) is 52.9 Å². The number of benzene rings is 2. The molecule has 1 aliphatic heterocycles. The molecule has 4 nitrogen and oxygen atoms in total. The summed E-state index contributed by atoms with van der Waals surface area (Å²) < 4.78 is 2.15. The fraction of sp³-hybridized carbons (Fsp3) is 0.400. The van der Waals surface area contributed by atoms with Crippen LogP contribution in [0.2, 0.25) is 0 Å². The molecule has 0 spiro atoms. The van der Waals surface area contributed by atoms with Gasteiger partial charge in [0.25, 0.3) is 0 Å². The molecule has 1 fully saturated rings. The molecular weight excluding hydrogens is 356 g/mol. The van der Waals surface area contributed by atoms with Crippen molar-refractivity contribution in [2.24, 2.45) is 0 Å². The molecule has 2 heterocycles. The molecule has 0 amide bonds. The lowest BCUT2D eigenvalue weighted by Gasteiger charge is -2.17. The highest BCUT2D eigenvalue weighted by Crippen LogP contribution is 2.18. The predicted octanol–water partition coefficient (Wildman–Crippen LogP) is 4.22. The lowest BCUT2D eigenvalue weighted by atomic mass is 10.1. The smallest absolute Gasteiger partial charge is 0.0662 e. The van der Waals surface area contributed by atoms with E-state index in [-0.39, 0.29) is 0 Å². The van der Waals surface area contributed by atoms with Crippen LogP contribution in [0.1, 0.15) is 40.1 Å². The first-order valence-electron chi connectivity index (χ1n) is 10.7. The summed E-state index contributed by atoms with van der Waals surface area (Å²) in [5.74, 6) is 0. The number of nitrogens with zero attached hydrogens (tertiary/aromatic N) is 3. The molecule has 1 aliphatic rings. The van der Waals surface area contributed by atoms with Crippen LogP contribution in [0.4, 0.5) is 0 Å². The van der Waals surface area contributed by atoms with Crippen LogP contribution in [0.15, 0.2) is 54.6 Å². The number of rotatable bonds is 7. The van der Waals surface area contributed by atoms with Gasteiger partial charge in [0, 0.05) is 43.5 Å². The van der Waals surface area contributed by atoms with Crippen LogP contribution in [0.3, 0.4) is 0 Å². The van der Waals surface area contributed by atoms with Gasteiger partial charge in [-0.3, -0.25) is 9.58 Å². The zero-order chi connectivity index (χ0) is 20.2. The quantitative estimate of drug-likeness (QED) is 0.658. The molecule has 152 valence electrons. The average molecular weight is 389 g/mol. The Hall–Kier alpha value is -2.43. The van der Waals surface area contributed by atoms with Crippen molar-refractivity contribution in [3.05, 3.63) is 88.2 Å². The lowest BCUT2D eigenvalue weighted by molar-refractivity contribution is 0.320. The third kappa shape index (κ3) is 4.95. The van der Waals surface area contributed by atoms with Gasteiger partial charge in [-0.25, -0.2) is 0 Å². The van der Waals surface area contributed by atoms with E-state index in [4.69, 9.17) is 5.10 Å². The second kappa shape index (κ2) is 8.93. The molecule has 1 aromatic heterocycles. The minimum atomic E-state index is 0.554. The Balaban J connectivity index is 1.33. The van der Waals surface area contributed by atoms with Crippen LogP contribution in [-0.4, -0.2) is 33.8 Å². The monoisotopic (exact) mass is 388 g/mol. The van der Waals surface area contributed by atoms with E-state index in [1.165, 1.54) is 34.4 Å². The first-order chi connectivity index (χ1) is 14.1. The molecule has 4 rings (SSSR count). The highest BCUT2D eigenvalue weighted by Gasteiger charge is 2.23. The largest absolute Gasteiger partial charge is 0.308 e. The molecule has 1 N–H and O–H groups in total. The summed E-state index contributed by atoms with van der Waals surface area (Å²) in [5.41, 5.74) is 7.75. The first kappa shape index (κ1) is 19.9. The first-order valence-corrected chi connectivity index (χ1v) is 10.7. The van der Waals surface area contributed by atoms with Gasteiger partial charge in [0.15, 0.2) is 0 Å². The molecule has 1 atom stereocenters. The van der Waals surface area contributed by atoms with Gasteiger partial charge in [-0.05, 0) is 38.3 Å². The molecule has 0 aliphatic carbocycles. The van der Waals surface area contributed by atoms with E-state index in [2.05, 4.69) is 90.3 Å². The molecular formula is C25H32N4. The number of likely N-dealkylation sites (tertiary alicyclic amines) is 1. The Bertz CT molecular complexity index is 927. The van der Waals surface area contributed by atoms with Crippen LogP contribution in [-0.2, 0) is 19.6 Å². The second-order valence-electron chi connectivity index (χ2n) is 8.38. The van der Waals surface area contributed by atoms with E-state index in [9.17, 15) is 0 Å². The lowest BCUT2D eigenvalue weighted by Crippen LogP contribution is -2.32. The van der Waals surface area contributed by atoms with Crippen molar-refractivity contribution < 1.29 is 0 Å². The number of aromatic nitrogens is 2. The van der Waals surface area contributed by atoms with E-state index in [1.807, 2.05) is 0 Å². The van der Waals surface area contributed by atoms with Crippen LogP contribution in [0.25, 0.3) is 0 Å². The number of hydrogen-bond donors (Lipinski definition) is 1. The van der Waals surface area contributed by atoms with E-state index in [0.717, 1.165) is 38.4 Å². The van der Waals surface area contributed by atoms with Gasteiger partial charge in [-0.1, -0.05) is 60.2 Å². The van der Waals surface area contributed by atoms with Crippen molar-refractivity contribution in [1.29, 1.82) is 0 Å². The molecule has 2 aromatic carbocycles. The number of aryl methyl sites for hydroxylation is 2. The molecule has 0 unspecified atom stereocenters. The summed E-state index contributed by atoms with van der Waals surface area (Å²) in [6.07, 6.45) is 1.21. The molecule has 4 heteroatoms. The van der Waals surface area contributed by atoms with Crippen molar-refractivity contribution in [3.8, 4) is 0 Å². The van der Waals surface area contributed by atoms with Gasteiger partial charge in [-0.2, -0.15) is 5.10 Å². The van der Waals surface area contributed by atoms with Crippen molar-refractivity contribution in [3.63, 3.8) is 0 Å². The summed E-state index contributed by atoms with van der Waals surface area (Å²) in [5, 5.41) is 8.60. The Labute approximate surface area is 174 Å². The Kier molecular flexibility index (Phi) is 6.12. The zero-order valence-corrected chi connectivity index (χ0v) is 17.9. The van der Waals surface area contributed by atoms with E-state index >= 15 is 0 Å². The van der Waals surface area contributed by atoms with Crippen LogP contribution in [0, 0.1) is 20.8 Å². The molecule has 29 heavy (non-hydrogen) atoms. The van der Waals surface area contributed by atoms with E-state index in [1.54, 1.807) is 0 Å². The van der Waals surface area contributed by atoms with Gasteiger partial charge in [0.2, 0.25) is 0 Å². The third-order valence-electron chi connectivity index (χ3n) is 6.07. The number of hydrogen-bond acceptors (Lipinski definition) is 3. The highest BCUT2D eigenvalue weighted by molar-refractivity contribution is 5.27. The fourth-order valence-electron chi connectivity index (χ4n) is 4.24.